The average Bonchev–Trinajstić information content (AvgIpc) is 2.97. The van der Waals surface area contributed by atoms with Crippen LogP contribution >= 0.6 is 0 Å². The Bertz CT molecular complexity index is 1290. The van der Waals surface area contributed by atoms with E-state index in [4.69, 9.17) is 14.2 Å². The van der Waals surface area contributed by atoms with Gasteiger partial charge in [0.25, 0.3) is 0 Å². The van der Waals surface area contributed by atoms with Gasteiger partial charge in [-0.3, -0.25) is 4.79 Å². The molecule has 0 unspecified atom stereocenters. The Labute approximate surface area is 238 Å². The summed E-state index contributed by atoms with van der Waals surface area (Å²) in [6.07, 6.45) is -2.08. The van der Waals surface area contributed by atoms with Crippen molar-refractivity contribution in [3.05, 3.63) is 95.1 Å². The molecule has 0 aliphatic heterocycles. The highest BCUT2D eigenvalue weighted by atomic mass is 19.4. The number of hydrogen-bond donors (Lipinski definition) is 0. The van der Waals surface area contributed by atoms with Gasteiger partial charge in [-0.2, -0.15) is 13.2 Å². The van der Waals surface area contributed by atoms with Gasteiger partial charge < -0.3 is 14.2 Å². The third kappa shape index (κ3) is 8.59. The van der Waals surface area contributed by atoms with Gasteiger partial charge in [0.2, 0.25) is 0 Å². The van der Waals surface area contributed by atoms with Gasteiger partial charge in [0, 0.05) is 0 Å². The van der Waals surface area contributed by atoms with Crippen LogP contribution in [0.25, 0.3) is 0 Å². The monoisotopic (exact) mass is 568 g/mol. The number of aryl methyl sites for hydroxylation is 1. The van der Waals surface area contributed by atoms with E-state index in [2.05, 4.69) is 0 Å². The van der Waals surface area contributed by atoms with Gasteiger partial charge in [-0.25, -0.2) is 4.79 Å². The van der Waals surface area contributed by atoms with E-state index in [-0.39, 0.29) is 17.7 Å². The van der Waals surface area contributed by atoms with Crippen LogP contribution in [0.2, 0.25) is 0 Å². The maximum Gasteiger partial charge on any atom is 0.425 e. The van der Waals surface area contributed by atoms with E-state index in [1.54, 1.807) is 0 Å². The Morgan fingerprint density at radius 1 is 0.927 bits per heavy atom. The zero-order chi connectivity index (χ0) is 29.2. The Hall–Kier alpha value is -3.81. The van der Waals surface area contributed by atoms with Crippen LogP contribution < -0.4 is 9.47 Å². The lowest BCUT2D eigenvalue weighted by Crippen LogP contribution is -2.33. The van der Waals surface area contributed by atoms with Crippen molar-refractivity contribution in [2.75, 3.05) is 0 Å². The number of alkyl halides is 3. The standard InChI is InChI=1S/C33H35F3O5/c1-2-3-4-8-14-30(33(34,35)36)41-31(37)24-15-17-26(18-16-24)40-32(38)29-13-9-12-25-21-27(19-20-28(25)29)39-22-23-10-6-5-7-11-23/h5-7,10-11,15-21,29-30H,2-4,8-9,12-14,22H2,1H3/t29-,30-/m1/s1. The molecule has 0 saturated heterocycles. The van der Waals surface area contributed by atoms with Crippen molar-refractivity contribution in [2.45, 2.75) is 83.1 Å². The molecule has 41 heavy (non-hydrogen) atoms. The van der Waals surface area contributed by atoms with E-state index >= 15 is 0 Å². The zero-order valence-electron chi connectivity index (χ0n) is 23.1. The van der Waals surface area contributed by atoms with Crippen molar-refractivity contribution in [1.82, 2.24) is 0 Å². The summed E-state index contributed by atoms with van der Waals surface area (Å²) >= 11 is 0. The topological polar surface area (TPSA) is 61.8 Å². The fourth-order valence-electron chi connectivity index (χ4n) is 4.96. The van der Waals surface area contributed by atoms with E-state index < -0.39 is 30.1 Å². The highest BCUT2D eigenvalue weighted by Gasteiger charge is 2.42. The quantitative estimate of drug-likeness (QED) is 0.125. The molecule has 3 aromatic carbocycles. The maximum atomic E-state index is 13.4. The SMILES string of the molecule is CCCCCC[C@@H](OC(=O)c1ccc(OC(=O)[C@@H]2CCCc3cc(OCc4ccccc4)ccc32)cc1)C(F)(F)F. The highest BCUT2D eigenvalue weighted by molar-refractivity contribution is 5.90. The van der Waals surface area contributed by atoms with Gasteiger partial charge in [-0.1, -0.05) is 62.6 Å². The number of carbonyl (C=O) groups excluding carboxylic acids is 2. The summed E-state index contributed by atoms with van der Waals surface area (Å²) in [5, 5.41) is 0. The van der Waals surface area contributed by atoms with Gasteiger partial charge in [0.15, 0.2) is 6.10 Å². The van der Waals surface area contributed by atoms with E-state index in [0.29, 0.717) is 25.9 Å². The van der Waals surface area contributed by atoms with E-state index in [1.165, 1.54) is 24.3 Å². The van der Waals surface area contributed by atoms with Crippen molar-refractivity contribution in [3.8, 4) is 11.5 Å². The van der Waals surface area contributed by atoms with Gasteiger partial charge in [0.1, 0.15) is 18.1 Å². The van der Waals surface area contributed by atoms with E-state index in [1.807, 2.05) is 55.5 Å². The predicted octanol–water partition coefficient (Wildman–Crippen LogP) is 8.35. The maximum absolute atomic E-state index is 13.4. The Kier molecular flexibility index (Phi) is 10.4. The number of rotatable bonds is 12. The first-order chi connectivity index (χ1) is 19.7. The smallest absolute Gasteiger partial charge is 0.425 e. The molecule has 8 heteroatoms. The number of esters is 2. The largest absolute Gasteiger partial charge is 0.489 e. The van der Waals surface area contributed by atoms with Crippen molar-refractivity contribution < 1.29 is 37.0 Å². The van der Waals surface area contributed by atoms with Crippen LogP contribution in [0.4, 0.5) is 13.2 Å². The average molecular weight is 569 g/mol. The Morgan fingerprint density at radius 2 is 1.66 bits per heavy atom. The number of ether oxygens (including phenoxy) is 3. The zero-order valence-corrected chi connectivity index (χ0v) is 23.1. The first-order valence-corrected chi connectivity index (χ1v) is 14.1. The summed E-state index contributed by atoms with van der Waals surface area (Å²) in [5.74, 6) is -1.01. The molecule has 1 aliphatic carbocycles. The van der Waals surface area contributed by atoms with Gasteiger partial charge in [-0.05, 0) is 85.2 Å². The molecule has 1 aliphatic rings. The second-order valence-electron chi connectivity index (χ2n) is 10.3. The minimum absolute atomic E-state index is 0.0429. The molecule has 2 atom stereocenters. The molecule has 0 aromatic heterocycles. The third-order valence-electron chi connectivity index (χ3n) is 7.20. The van der Waals surface area contributed by atoms with Crippen molar-refractivity contribution in [2.24, 2.45) is 0 Å². The minimum atomic E-state index is -4.64. The summed E-state index contributed by atoms with van der Waals surface area (Å²) in [5.41, 5.74) is 2.95. The predicted molar refractivity (Wildman–Crippen MR) is 149 cm³/mol. The summed E-state index contributed by atoms with van der Waals surface area (Å²) in [6, 6.07) is 21.0. The lowest BCUT2D eigenvalue weighted by Gasteiger charge is -2.24. The van der Waals surface area contributed by atoms with Crippen LogP contribution in [0, 0.1) is 0 Å². The Morgan fingerprint density at radius 3 is 2.37 bits per heavy atom. The molecule has 0 saturated carbocycles. The van der Waals surface area contributed by atoms with Crippen LogP contribution in [0.5, 0.6) is 11.5 Å². The normalized spacial score (nSPS) is 15.5. The van der Waals surface area contributed by atoms with Crippen LogP contribution in [0.1, 0.15) is 84.8 Å². The van der Waals surface area contributed by atoms with Gasteiger partial charge in [-0.15, -0.1) is 0 Å². The molecule has 0 N–H and O–H groups in total. The van der Waals surface area contributed by atoms with Gasteiger partial charge in [0.05, 0.1) is 11.5 Å². The molecule has 0 spiro atoms. The molecule has 0 heterocycles. The lowest BCUT2D eigenvalue weighted by molar-refractivity contribution is -0.206. The molecule has 0 bridgehead atoms. The molecule has 5 nitrogen and oxygen atoms in total. The molecule has 0 amide bonds. The van der Waals surface area contributed by atoms with Crippen LogP contribution in [-0.2, 0) is 22.6 Å². The van der Waals surface area contributed by atoms with Crippen molar-refractivity contribution >= 4 is 11.9 Å². The van der Waals surface area contributed by atoms with Crippen molar-refractivity contribution in [3.63, 3.8) is 0 Å². The number of benzene rings is 3. The van der Waals surface area contributed by atoms with E-state index in [0.717, 1.165) is 48.1 Å². The molecule has 4 rings (SSSR count). The summed E-state index contributed by atoms with van der Waals surface area (Å²) in [7, 11) is 0. The van der Waals surface area contributed by atoms with Gasteiger partial charge >= 0.3 is 18.1 Å². The molecule has 3 aromatic rings. The van der Waals surface area contributed by atoms with Crippen LogP contribution in [-0.4, -0.2) is 24.2 Å². The van der Waals surface area contributed by atoms with E-state index in [9.17, 15) is 22.8 Å². The first kappa shape index (κ1) is 30.2. The first-order valence-electron chi connectivity index (χ1n) is 14.1. The minimum Gasteiger partial charge on any atom is -0.489 e. The molecular formula is C33H35F3O5. The second-order valence-corrected chi connectivity index (χ2v) is 10.3. The number of halogens is 3. The molecule has 218 valence electrons. The summed E-state index contributed by atoms with van der Waals surface area (Å²) in [6.45, 7) is 2.42. The second kappa shape index (κ2) is 14.2. The molecular weight excluding hydrogens is 533 g/mol. The summed E-state index contributed by atoms with van der Waals surface area (Å²) < 4.78 is 56.5. The highest BCUT2D eigenvalue weighted by Crippen LogP contribution is 2.35. The summed E-state index contributed by atoms with van der Waals surface area (Å²) in [4.78, 5) is 25.5. The van der Waals surface area contributed by atoms with Crippen LogP contribution in [0.3, 0.4) is 0 Å². The third-order valence-corrected chi connectivity index (χ3v) is 7.20. The number of hydrogen-bond acceptors (Lipinski definition) is 5. The number of carbonyl (C=O) groups is 2. The number of fused-ring (bicyclic) bond motifs is 1. The number of unbranched alkanes of at least 4 members (excludes halogenated alkanes) is 3. The molecule has 0 fully saturated rings. The van der Waals surface area contributed by atoms with Crippen molar-refractivity contribution in [1.29, 1.82) is 0 Å². The fourth-order valence-corrected chi connectivity index (χ4v) is 4.96. The van der Waals surface area contributed by atoms with Crippen LogP contribution in [0.15, 0.2) is 72.8 Å². The lowest BCUT2D eigenvalue weighted by atomic mass is 9.83. The molecule has 0 radical (unpaired) electrons. The fraction of sp³-hybridized carbons (Fsp3) is 0.394. The Balaban J connectivity index is 1.34.